The first kappa shape index (κ1) is 12.5. The number of likely N-dealkylation sites (tertiary alicyclic amines) is 1. The minimum absolute atomic E-state index is 0.0316. The predicted molar refractivity (Wildman–Crippen MR) is 72.7 cm³/mol. The first-order valence-electron chi connectivity index (χ1n) is 6.26. The van der Waals surface area contributed by atoms with Crippen LogP contribution in [-0.4, -0.2) is 33.2 Å². The Labute approximate surface area is 119 Å². The van der Waals surface area contributed by atoms with Gasteiger partial charge < -0.3 is 9.32 Å². The van der Waals surface area contributed by atoms with E-state index in [2.05, 4.69) is 21.0 Å². The van der Waals surface area contributed by atoms with Gasteiger partial charge in [0, 0.05) is 25.0 Å². The Hall–Kier alpha value is -1.56. The van der Waals surface area contributed by atoms with Crippen LogP contribution in [-0.2, 0) is 6.54 Å². The number of halogens is 1. The summed E-state index contributed by atoms with van der Waals surface area (Å²) in [6, 6.07) is 3.82. The highest BCUT2D eigenvalue weighted by Gasteiger charge is 2.30. The van der Waals surface area contributed by atoms with Crippen molar-refractivity contribution in [3.63, 3.8) is 0 Å². The highest BCUT2D eigenvalue weighted by Crippen LogP contribution is 2.23. The van der Waals surface area contributed by atoms with Crippen LogP contribution in [0, 0.1) is 0 Å². The third-order valence-corrected chi connectivity index (χ3v) is 3.83. The van der Waals surface area contributed by atoms with Crippen molar-refractivity contribution in [2.24, 2.45) is 0 Å². The summed E-state index contributed by atoms with van der Waals surface area (Å²) in [5, 5.41) is 4.20. The first-order chi connectivity index (χ1) is 9.24. The molecule has 1 saturated heterocycles. The van der Waals surface area contributed by atoms with Gasteiger partial charge in [-0.05, 0) is 34.8 Å². The molecule has 1 aliphatic rings. The average Bonchev–Trinajstić information content (AvgIpc) is 3.10. The molecular formula is C13H14BrN3O2. The van der Waals surface area contributed by atoms with Gasteiger partial charge in [-0.3, -0.25) is 9.48 Å². The highest BCUT2D eigenvalue weighted by molar-refractivity contribution is 9.10. The van der Waals surface area contributed by atoms with Crippen LogP contribution in [0.25, 0.3) is 0 Å². The Morgan fingerprint density at radius 1 is 1.58 bits per heavy atom. The fourth-order valence-electron chi connectivity index (χ4n) is 2.51. The lowest BCUT2D eigenvalue weighted by molar-refractivity contribution is 0.0721. The van der Waals surface area contributed by atoms with Crippen molar-refractivity contribution in [1.82, 2.24) is 14.7 Å². The molecule has 100 valence electrons. The molecule has 3 rings (SSSR count). The van der Waals surface area contributed by atoms with Gasteiger partial charge in [-0.15, -0.1) is 0 Å². The average molecular weight is 324 g/mol. The van der Waals surface area contributed by atoms with Gasteiger partial charge in [-0.2, -0.15) is 5.10 Å². The molecule has 19 heavy (non-hydrogen) atoms. The van der Waals surface area contributed by atoms with E-state index >= 15 is 0 Å². The molecule has 0 aromatic carbocycles. The molecule has 3 heterocycles. The van der Waals surface area contributed by atoms with E-state index in [0.717, 1.165) is 25.9 Å². The van der Waals surface area contributed by atoms with E-state index in [0.29, 0.717) is 10.2 Å². The van der Waals surface area contributed by atoms with Gasteiger partial charge >= 0.3 is 0 Å². The third-order valence-electron chi connectivity index (χ3n) is 3.41. The number of carbonyl (C=O) groups excluding carboxylic acids is 1. The van der Waals surface area contributed by atoms with E-state index in [-0.39, 0.29) is 11.9 Å². The monoisotopic (exact) mass is 323 g/mol. The zero-order valence-corrected chi connectivity index (χ0v) is 11.9. The number of hydrogen-bond acceptors (Lipinski definition) is 3. The summed E-state index contributed by atoms with van der Waals surface area (Å²) in [6.07, 6.45) is 7.24. The van der Waals surface area contributed by atoms with Crippen molar-refractivity contribution >= 4 is 21.8 Å². The SMILES string of the molecule is O=C(c1coc(Br)c1)N1CCCC1Cn1cccn1. The molecule has 0 spiro atoms. The van der Waals surface area contributed by atoms with Crippen LogP contribution >= 0.6 is 15.9 Å². The molecule has 0 N–H and O–H groups in total. The summed E-state index contributed by atoms with van der Waals surface area (Å²) in [4.78, 5) is 14.3. The summed E-state index contributed by atoms with van der Waals surface area (Å²) in [6.45, 7) is 1.55. The molecule has 2 aromatic heterocycles. The summed E-state index contributed by atoms with van der Waals surface area (Å²) >= 11 is 3.22. The van der Waals surface area contributed by atoms with Gasteiger partial charge in [0.25, 0.3) is 5.91 Å². The quantitative estimate of drug-likeness (QED) is 0.872. The van der Waals surface area contributed by atoms with Crippen molar-refractivity contribution in [3.05, 3.63) is 41.0 Å². The molecule has 1 aliphatic heterocycles. The Morgan fingerprint density at radius 2 is 2.47 bits per heavy atom. The Kier molecular flexibility index (Phi) is 3.42. The van der Waals surface area contributed by atoms with Gasteiger partial charge in [-0.25, -0.2) is 0 Å². The van der Waals surface area contributed by atoms with Crippen LogP contribution in [0.1, 0.15) is 23.2 Å². The standard InChI is InChI=1S/C13H14BrN3O2/c14-12-7-10(9-19-12)13(18)17-6-1-3-11(17)8-16-5-2-4-15-16/h2,4-5,7,9,11H,1,3,6,8H2. The molecule has 0 bridgehead atoms. The minimum atomic E-state index is 0.0316. The number of furan rings is 1. The first-order valence-corrected chi connectivity index (χ1v) is 7.06. The Bertz CT molecular complexity index is 564. The zero-order chi connectivity index (χ0) is 13.2. The van der Waals surface area contributed by atoms with Crippen molar-refractivity contribution < 1.29 is 9.21 Å². The number of hydrogen-bond donors (Lipinski definition) is 0. The molecule has 5 nitrogen and oxygen atoms in total. The lowest BCUT2D eigenvalue weighted by Crippen LogP contribution is -2.38. The summed E-state index contributed by atoms with van der Waals surface area (Å²) in [5.74, 6) is 0.0316. The van der Waals surface area contributed by atoms with Crippen molar-refractivity contribution in [2.45, 2.75) is 25.4 Å². The maximum atomic E-state index is 12.4. The number of amides is 1. The molecule has 0 radical (unpaired) electrons. The summed E-state index contributed by atoms with van der Waals surface area (Å²) in [7, 11) is 0. The molecule has 1 fully saturated rings. The van der Waals surface area contributed by atoms with E-state index in [1.165, 1.54) is 6.26 Å². The van der Waals surface area contributed by atoms with E-state index in [4.69, 9.17) is 4.42 Å². The number of rotatable bonds is 3. The van der Waals surface area contributed by atoms with Crippen molar-refractivity contribution in [2.75, 3.05) is 6.54 Å². The fraction of sp³-hybridized carbons (Fsp3) is 0.385. The van der Waals surface area contributed by atoms with Crippen LogP contribution in [0.15, 0.2) is 39.9 Å². The van der Waals surface area contributed by atoms with Crippen LogP contribution in [0.3, 0.4) is 0 Å². The predicted octanol–water partition coefficient (Wildman–Crippen LogP) is 2.54. The van der Waals surface area contributed by atoms with E-state index in [9.17, 15) is 4.79 Å². The van der Waals surface area contributed by atoms with Crippen molar-refractivity contribution in [3.8, 4) is 0 Å². The maximum Gasteiger partial charge on any atom is 0.257 e. The van der Waals surface area contributed by atoms with Gasteiger partial charge in [0.1, 0.15) is 6.26 Å². The van der Waals surface area contributed by atoms with Gasteiger partial charge in [0.05, 0.1) is 18.2 Å². The largest absolute Gasteiger partial charge is 0.457 e. The number of aromatic nitrogens is 2. The molecule has 1 amide bonds. The molecule has 0 saturated carbocycles. The third kappa shape index (κ3) is 2.58. The van der Waals surface area contributed by atoms with E-state index in [1.807, 2.05) is 21.8 Å². The molecule has 0 aliphatic carbocycles. The second kappa shape index (κ2) is 5.21. The lowest BCUT2D eigenvalue weighted by Gasteiger charge is -2.24. The van der Waals surface area contributed by atoms with Gasteiger partial charge in [0.15, 0.2) is 4.67 Å². The molecule has 1 unspecified atom stereocenters. The molecule has 6 heteroatoms. The molecular weight excluding hydrogens is 310 g/mol. The second-order valence-corrected chi connectivity index (χ2v) is 5.44. The van der Waals surface area contributed by atoms with Crippen LogP contribution in [0.2, 0.25) is 0 Å². The second-order valence-electron chi connectivity index (χ2n) is 4.66. The summed E-state index contributed by atoms with van der Waals surface area (Å²) < 4.78 is 7.60. The van der Waals surface area contributed by atoms with Crippen LogP contribution < -0.4 is 0 Å². The minimum Gasteiger partial charge on any atom is -0.457 e. The number of carbonyl (C=O) groups is 1. The smallest absolute Gasteiger partial charge is 0.257 e. The Morgan fingerprint density at radius 3 is 3.16 bits per heavy atom. The lowest BCUT2D eigenvalue weighted by atomic mass is 10.2. The van der Waals surface area contributed by atoms with Crippen LogP contribution in [0.4, 0.5) is 0 Å². The topological polar surface area (TPSA) is 51.3 Å². The maximum absolute atomic E-state index is 12.4. The normalized spacial score (nSPS) is 19.0. The highest BCUT2D eigenvalue weighted by atomic mass is 79.9. The van der Waals surface area contributed by atoms with Gasteiger partial charge in [-0.1, -0.05) is 0 Å². The number of nitrogens with zero attached hydrogens (tertiary/aromatic N) is 3. The van der Waals surface area contributed by atoms with E-state index in [1.54, 1.807) is 12.3 Å². The van der Waals surface area contributed by atoms with Gasteiger partial charge in [0.2, 0.25) is 0 Å². The fourth-order valence-corrected chi connectivity index (χ4v) is 2.85. The zero-order valence-electron chi connectivity index (χ0n) is 10.3. The molecule has 2 aromatic rings. The molecule has 1 atom stereocenters. The van der Waals surface area contributed by atoms with Crippen LogP contribution in [0.5, 0.6) is 0 Å². The van der Waals surface area contributed by atoms with E-state index < -0.39 is 0 Å². The Balaban J connectivity index is 1.74. The van der Waals surface area contributed by atoms with Crippen molar-refractivity contribution in [1.29, 1.82) is 0 Å². The summed E-state index contributed by atoms with van der Waals surface area (Å²) in [5.41, 5.74) is 0.597.